The van der Waals surface area contributed by atoms with Crippen LogP contribution in [0.3, 0.4) is 0 Å². The van der Waals surface area contributed by atoms with Crippen molar-refractivity contribution in [3.8, 4) is 11.5 Å². The molecule has 5 heteroatoms. The van der Waals surface area contributed by atoms with Crippen LogP contribution in [0.25, 0.3) is 0 Å². The van der Waals surface area contributed by atoms with E-state index in [0.717, 1.165) is 29.5 Å². The van der Waals surface area contributed by atoms with Gasteiger partial charge in [0.25, 0.3) is 0 Å². The fourth-order valence-electron chi connectivity index (χ4n) is 4.25. The lowest BCUT2D eigenvalue weighted by Crippen LogP contribution is -2.21. The Morgan fingerprint density at radius 3 is 2.71 bits per heavy atom. The van der Waals surface area contributed by atoms with Crippen LogP contribution >= 0.6 is 0 Å². The van der Waals surface area contributed by atoms with E-state index in [0.29, 0.717) is 22.6 Å². The van der Waals surface area contributed by atoms with Crippen LogP contribution < -0.4 is 9.47 Å². The average molecular weight is 378 g/mol. The van der Waals surface area contributed by atoms with Crippen LogP contribution in [0.5, 0.6) is 11.5 Å². The van der Waals surface area contributed by atoms with Crippen molar-refractivity contribution in [1.82, 2.24) is 0 Å². The number of ether oxygens (including phenoxy) is 3. The summed E-state index contributed by atoms with van der Waals surface area (Å²) in [5.74, 6) is 0.0944. The van der Waals surface area contributed by atoms with E-state index >= 15 is 0 Å². The highest BCUT2D eigenvalue weighted by Gasteiger charge is 2.44. The molecule has 0 saturated carbocycles. The fourth-order valence-corrected chi connectivity index (χ4v) is 4.25. The van der Waals surface area contributed by atoms with Gasteiger partial charge >= 0.3 is 11.9 Å². The van der Waals surface area contributed by atoms with Crippen LogP contribution in [0.1, 0.15) is 45.1 Å². The second-order valence-corrected chi connectivity index (χ2v) is 7.29. The maximum Gasteiger partial charge on any atom is 0.347 e. The molecule has 0 radical (unpaired) electrons. The Hall–Kier alpha value is -3.08. The van der Waals surface area contributed by atoms with Crippen molar-refractivity contribution in [3.05, 3.63) is 70.3 Å². The quantitative estimate of drug-likeness (QED) is 0.454. The van der Waals surface area contributed by atoms with Crippen LogP contribution in [0.2, 0.25) is 0 Å². The normalized spacial score (nSPS) is 20.2. The molecule has 1 aliphatic heterocycles. The third-order valence-electron chi connectivity index (χ3n) is 5.75. The summed E-state index contributed by atoms with van der Waals surface area (Å²) >= 11 is 0. The number of aryl methyl sites for hydroxylation is 1. The largest absolute Gasteiger partial charge is 0.496 e. The molecule has 0 bridgehead atoms. The lowest BCUT2D eigenvalue weighted by molar-refractivity contribution is -0.139. The minimum atomic E-state index is -0.486. The second kappa shape index (κ2) is 6.82. The Kier molecular flexibility index (Phi) is 4.46. The van der Waals surface area contributed by atoms with Gasteiger partial charge in [0.1, 0.15) is 23.2 Å². The summed E-state index contributed by atoms with van der Waals surface area (Å²) in [6.45, 7) is 7.79. The third-order valence-corrected chi connectivity index (χ3v) is 5.75. The van der Waals surface area contributed by atoms with Gasteiger partial charge in [0.2, 0.25) is 0 Å². The SMILES string of the molecule is C=C1C(=O)OC2c3c(C)c(OC(=O)c4ccccc4OC)cc(C)c3CCC12. The predicted octanol–water partition coefficient (Wildman–Crippen LogP) is 4.25. The Bertz CT molecular complexity index is 1000. The summed E-state index contributed by atoms with van der Waals surface area (Å²) in [4.78, 5) is 24.8. The summed E-state index contributed by atoms with van der Waals surface area (Å²) < 4.78 is 16.6. The van der Waals surface area contributed by atoms with Crippen molar-refractivity contribution in [2.45, 2.75) is 32.8 Å². The van der Waals surface area contributed by atoms with Crippen molar-refractivity contribution in [2.75, 3.05) is 7.11 Å². The Morgan fingerprint density at radius 1 is 1.21 bits per heavy atom. The first-order valence-electron chi connectivity index (χ1n) is 9.30. The minimum absolute atomic E-state index is 0.0155. The first-order chi connectivity index (χ1) is 13.4. The number of benzene rings is 2. The molecule has 2 atom stereocenters. The molecule has 28 heavy (non-hydrogen) atoms. The zero-order valence-electron chi connectivity index (χ0n) is 16.2. The topological polar surface area (TPSA) is 61.8 Å². The maximum atomic E-state index is 12.8. The van der Waals surface area contributed by atoms with Gasteiger partial charge in [-0.2, -0.15) is 0 Å². The average Bonchev–Trinajstić information content (AvgIpc) is 2.99. The van der Waals surface area contributed by atoms with Gasteiger partial charge in [-0.3, -0.25) is 0 Å². The number of methoxy groups -OCH3 is 1. The molecule has 1 heterocycles. The zero-order chi connectivity index (χ0) is 20.0. The lowest BCUT2D eigenvalue weighted by Gasteiger charge is -2.30. The molecular formula is C23H22O5. The molecule has 1 saturated heterocycles. The number of rotatable bonds is 3. The number of esters is 2. The molecule has 0 amide bonds. The van der Waals surface area contributed by atoms with Gasteiger partial charge in [-0.15, -0.1) is 0 Å². The Balaban J connectivity index is 1.73. The van der Waals surface area contributed by atoms with Gasteiger partial charge < -0.3 is 14.2 Å². The monoisotopic (exact) mass is 378 g/mol. The van der Waals surface area contributed by atoms with E-state index in [9.17, 15) is 9.59 Å². The first kappa shape index (κ1) is 18.3. The molecule has 5 nitrogen and oxygen atoms in total. The Morgan fingerprint density at radius 2 is 1.96 bits per heavy atom. The number of para-hydroxylation sites is 1. The van der Waals surface area contributed by atoms with E-state index in [4.69, 9.17) is 14.2 Å². The van der Waals surface area contributed by atoms with Crippen molar-refractivity contribution in [2.24, 2.45) is 5.92 Å². The highest BCUT2D eigenvalue weighted by Crippen LogP contribution is 2.49. The molecule has 0 N–H and O–H groups in total. The number of carbonyl (C=O) groups is 2. The smallest absolute Gasteiger partial charge is 0.347 e. The molecule has 0 aromatic heterocycles. The molecule has 0 spiro atoms. The maximum absolute atomic E-state index is 12.8. The van der Waals surface area contributed by atoms with E-state index in [-0.39, 0.29) is 18.0 Å². The number of carbonyl (C=O) groups excluding carboxylic acids is 2. The van der Waals surface area contributed by atoms with E-state index in [1.54, 1.807) is 24.3 Å². The summed E-state index contributed by atoms with van der Waals surface area (Å²) in [6, 6.07) is 8.83. The van der Waals surface area contributed by atoms with Gasteiger partial charge in [0.05, 0.1) is 7.11 Å². The number of hydrogen-bond donors (Lipinski definition) is 0. The van der Waals surface area contributed by atoms with Crippen LogP contribution in [0.4, 0.5) is 0 Å². The van der Waals surface area contributed by atoms with Gasteiger partial charge in [-0.05, 0) is 61.6 Å². The Labute approximate surface area is 163 Å². The van der Waals surface area contributed by atoms with Gasteiger partial charge in [-0.25, -0.2) is 9.59 Å². The highest BCUT2D eigenvalue weighted by atomic mass is 16.6. The van der Waals surface area contributed by atoms with E-state index in [2.05, 4.69) is 6.58 Å². The summed E-state index contributed by atoms with van der Waals surface area (Å²) in [5.41, 5.74) is 4.85. The van der Waals surface area contributed by atoms with Crippen molar-refractivity contribution in [3.63, 3.8) is 0 Å². The van der Waals surface area contributed by atoms with Gasteiger partial charge in [0.15, 0.2) is 0 Å². The van der Waals surface area contributed by atoms with Crippen molar-refractivity contribution >= 4 is 11.9 Å². The molecule has 1 aliphatic carbocycles. The number of hydrogen-bond acceptors (Lipinski definition) is 5. The standard InChI is InChI=1S/C23H22O5/c1-12-11-19(27-23(25)17-7-5-6-8-18(17)26-4)14(3)20-15(12)9-10-16-13(2)22(24)28-21(16)20/h5-8,11,16,21H,2,9-10H2,1,3-4H3. The van der Waals surface area contributed by atoms with Crippen molar-refractivity contribution in [1.29, 1.82) is 0 Å². The van der Waals surface area contributed by atoms with Crippen molar-refractivity contribution < 1.29 is 23.8 Å². The molecule has 2 unspecified atom stereocenters. The first-order valence-corrected chi connectivity index (χ1v) is 9.30. The molecule has 2 aliphatic rings. The van der Waals surface area contributed by atoms with E-state index in [1.807, 2.05) is 19.9 Å². The second-order valence-electron chi connectivity index (χ2n) is 7.29. The van der Waals surface area contributed by atoms with Crippen LogP contribution in [0, 0.1) is 19.8 Å². The molecular weight excluding hydrogens is 356 g/mol. The molecule has 1 fully saturated rings. The minimum Gasteiger partial charge on any atom is -0.496 e. The molecule has 2 aromatic carbocycles. The molecule has 4 rings (SSSR count). The predicted molar refractivity (Wildman–Crippen MR) is 104 cm³/mol. The summed E-state index contributed by atoms with van der Waals surface area (Å²) in [6.07, 6.45) is 1.33. The summed E-state index contributed by atoms with van der Waals surface area (Å²) in [5, 5.41) is 0. The number of fused-ring (bicyclic) bond motifs is 3. The van der Waals surface area contributed by atoms with Gasteiger partial charge in [-0.1, -0.05) is 18.7 Å². The lowest BCUT2D eigenvalue weighted by atomic mass is 9.76. The van der Waals surface area contributed by atoms with Crippen LogP contribution in [-0.4, -0.2) is 19.0 Å². The fraction of sp³-hybridized carbons (Fsp3) is 0.304. The zero-order valence-corrected chi connectivity index (χ0v) is 16.2. The van der Waals surface area contributed by atoms with Gasteiger partial charge in [0, 0.05) is 17.1 Å². The highest BCUT2D eigenvalue weighted by molar-refractivity contribution is 5.94. The van der Waals surface area contributed by atoms with Crippen LogP contribution in [-0.2, 0) is 16.0 Å². The molecule has 144 valence electrons. The molecule has 2 aromatic rings. The van der Waals surface area contributed by atoms with Crippen LogP contribution in [0.15, 0.2) is 42.5 Å². The third kappa shape index (κ3) is 2.78. The van der Waals surface area contributed by atoms with E-state index < -0.39 is 5.97 Å². The summed E-state index contributed by atoms with van der Waals surface area (Å²) in [7, 11) is 1.52. The van der Waals surface area contributed by atoms with E-state index in [1.165, 1.54) is 12.7 Å².